The van der Waals surface area contributed by atoms with Crippen molar-refractivity contribution in [2.24, 2.45) is 5.92 Å². The highest BCUT2D eigenvalue weighted by atomic mass is 79.9. The van der Waals surface area contributed by atoms with Gasteiger partial charge >= 0.3 is 0 Å². The van der Waals surface area contributed by atoms with Crippen molar-refractivity contribution >= 4 is 26.0 Å². The van der Waals surface area contributed by atoms with E-state index < -0.39 is 10.0 Å². The Morgan fingerprint density at radius 3 is 2.65 bits per heavy atom. The second-order valence-electron chi connectivity index (χ2n) is 5.29. The fourth-order valence-electron chi connectivity index (χ4n) is 2.57. The van der Waals surface area contributed by atoms with Gasteiger partial charge in [-0.1, -0.05) is 19.8 Å². The fourth-order valence-corrected chi connectivity index (χ4v) is 4.37. The summed E-state index contributed by atoms with van der Waals surface area (Å²) in [6.07, 6.45) is 4.26. The van der Waals surface area contributed by atoms with Gasteiger partial charge in [-0.05, 0) is 46.8 Å². The lowest BCUT2D eigenvalue weighted by Crippen LogP contribution is -2.40. The Morgan fingerprint density at radius 2 is 2.00 bits per heavy atom. The number of nitrogens with one attached hydrogen (secondary N) is 1. The van der Waals surface area contributed by atoms with E-state index in [0.29, 0.717) is 11.7 Å². The van der Waals surface area contributed by atoms with E-state index in [1.165, 1.54) is 13.5 Å². The van der Waals surface area contributed by atoms with E-state index in [0.717, 1.165) is 23.7 Å². The van der Waals surface area contributed by atoms with Crippen LogP contribution in [0, 0.1) is 5.92 Å². The minimum absolute atomic E-state index is 0.0309. The van der Waals surface area contributed by atoms with E-state index in [4.69, 9.17) is 4.74 Å². The van der Waals surface area contributed by atoms with Crippen LogP contribution in [0.25, 0.3) is 0 Å². The summed E-state index contributed by atoms with van der Waals surface area (Å²) >= 11 is 3.33. The van der Waals surface area contributed by atoms with Crippen LogP contribution in [-0.4, -0.2) is 21.6 Å². The highest BCUT2D eigenvalue weighted by Gasteiger charge is 2.27. The molecule has 0 aliphatic heterocycles. The molecule has 2 atom stereocenters. The minimum Gasteiger partial charge on any atom is -0.496 e. The number of rotatable bonds is 4. The predicted octanol–water partition coefficient (Wildman–Crippen LogP) is 3.31. The Balaban J connectivity index is 2.21. The summed E-state index contributed by atoms with van der Waals surface area (Å²) < 4.78 is 33.6. The molecule has 0 unspecified atom stereocenters. The third kappa shape index (κ3) is 3.54. The van der Waals surface area contributed by atoms with Crippen molar-refractivity contribution in [3.05, 3.63) is 22.7 Å². The second-order valence-corrected chi connectivity index (χ2v) is 7.85. The van der Waals surface area contributed by atoms with Crippen LogP contribution in [0.1, 0.15) is 32.6 Å². The number of benzene rings is 1. The van der Waals surface area contributed by atoms with Gasteiger partial charge in [-0.2, -0.15) is 0 Å². The number of ether oxygens (including phenoxy) is 1. The van der Waals surface area contributed by atoms with Crippen molar-refractivity contribution < 1.29 is 13.2 Å². The van der Waals surface area contributed by atoms with E-state index in [1.54, 1.807) is 18.2 Å². The molecule has 1 N–H and O–H groups in total. The number of sulfonamides is 1. The van der Waals surface area contributed by atoms with Gasteiger partial charge in [0.25, 0.3) is 0 Å². The molecule has 1 aliphatic rings. The lowest BCUT2D eigenvalue weighted by Gasteiger charge is -2.29. The maximum Gasteiger partial charge on any atom is 0.240 e. The molecule has 112 valence electrons. The summed E-state index contributed by atoms with van der Waals surface area (Å²) in [5.74, 6) is 0.903. The van der Waals surface area contributed by atoms with Crippen LogP contribution in [0.2, 0.25) is 0 Å². The molecule has 0 saturated heterocycles. The number of hydrogen-bond acceptors (Lipinski definition) is 3. The van der Waals surface area contributed by atoms with Crippen LogP contribution in [0.5, 0.6) is 5.75 Å². The van der Waals surface area contributed by atoms with Gasteiger partial charge in [0.15, 0.2) is 0 Å². The van der Waals surface area contributed by atoms with E-state index in [-0.39, 0.29) is 10.9 Å². The van der Waals surface area contributed by atoms with Gasteiger partial charge in [0, 0.05) is 12.1 Å². The lowest BCUT2D eigenvalue weighted by molar-refractivity contribution is 0.310. The topological polar surface area (TPSA) is 55.4 Å². The number of hydrogen-bond donors (Lipinski definition) is 1. The van der Waals surface area contributed by atoms with Crippen LogP contribution < -0.4 is 9.46 Å². The first kappa shape index (κ1) is 15.8. The van der Waals surface area contributed by atoms with Crippen LogP contribution >= 0.6 is 15.9 Å². The lowest BCUT2D eigenvalue weighted by atomic mass is 9.87. The van der Waals surface area contributed by atoms with Crippen LogP contribution in [0.3, 0.4) is 0 Å². The predicted molar refractivity (Wildman–Crippen MR) is 82.4 cm³/mol. The molecule has 0 heterocycles. The van der Waals surface area contributed by atoms with Crippen molar-refractivity contribution in [1.29, 1.82) is 0 Å². The molecule has 4 nitrogen and oxygen atoms in total. The Labute approximate surface area is 129 Å². The van der Waals surface area contributed by atoms with Crippen molar-refractivity contribution in [2.45, 2.75) is 43.5 Å². The normalized spacial score (nSPS) is 23.6. The SMILES string of the molecule is COc1cc(S(=O)(=O)N[C@@H]2CCCC[C@H]2C)ccc1Br. The maximum atomic E-state index is 12.4. The first-order valence-electron chi connectivity index (χ1n) is 6.80. The summed E-state index contributed by atoms with van der Waals surface area (Å²) in [6.45, 7) is 2.11. The second kappa shape index (κ2) is 6.45. The maximum absolute atomic E-state index is 12.4. The highest BCUT2D eigenvalue weighted by Crippen LogP contribution is 2.29. The monoisotopic (exact) mass is 361 g/mol. The van der Waals surface area contributed by atoms with Gasteiger partial charge in [-0.25, -0.2) is 13.1 Å². The average Bonchev–Trinajstić information content (AvgIpc) is 2.41. The van der Waals surface area contributed by atoms with Crippen molar-refractivity contribution in [2.75, 3.05) is 7.11 Å². The van der Waals surface area contributed by atoms with Crippen LogP contribution in [0.15, 0.2) is 27.6 Å². The molecular formula is C14H20BrNO3S. The third-order valence-corrected chi connectivity index (χ3v) is 5.99. The molecule has 1 saturated carbocycles. The molecule has 6 heteroatoms. The zero-order valence-electron chi connectivity index (χ0n) is 11.7. The minimum atomic E-state index is -3.49. The molecular weight excluding hydrogens is 342 g/mol. The molecule has 1 aliphatic carbocycles. The van der Waals surface area contributed by atoms with Gasteiger partial charge in [0.1, 0.15) is 5.75 Å². The quantitative estimate of drug-likeness (QED) is 0.894. The van der Waals surface area contributed by atoms with E-state index in [1.807, 2.05) is 0 Å². The highest BCUT2D eigenvalue weighted by molar-refractivity contribution is 9.10. The molecule has 2 rings (SSSR count). The van der Waals surface area contributed by atoms with E-state index in [9.17, 15) is 8.42 Å². The Hall–Kier alpha value is -0.590. The largest absolute Gasteiger partial charge is 0.496 e. The molecule has 1 aromatic rings. The third-order valence-electron chi connectivity index (χ3n) is 3.85. The van der Waals surface area contributed by atoms with Gasteiger partial charge in [-0.15, -0.1) is 0 Å². The fraction of sp³-hybridized carbons (Fsp3) is 0.571. The molecule has 0 amide bonds. The number of methoxy groups -OCH3 is 1. The number of halogens is 1. The van der Waals surface area contributed by atoms with E-state index in [2.05, 4.69) is 27.6 Å². The van der Waals surface area contributed by atoms with Crippen LogP contribution in [0.4, 0.5) is 0 Å². The molecule has 20 heavy (non-hydrogen) atoms. The van der Waals surface area contributed by atoms with Gasteiger partial charge in [0.05, 0.1) is 16.5 Å². The molecule has 0 bridgehead atoms. The van der Waals surface area contributed by atoms with Gasteiger partial charge < -0.3 is 4.74 Å². The zero-order valence-corrected chi connectivity index (χ0v) is 14.1. The van der Waals surface area contributed by atoms with Crippen LogP contribution in [-0.2, 0) is 10.0 Å². The molecule has 1 fully saturated rings. The first-order valence-corrected chi connectivity index (χ1v) is 9.07. The first-order chi connectivity index (χ1) is 9.44. The zero-order chi connectivity index (χ0) is 14.8. The summed E-state index contributed by atoms with van der Waals surface area (Å²) in [5.41, 5.74) is 0. The molecule has 0 radical (unpaired) electrons. The van der Waals surface area contributed by atoms with Crippen molar-refractivity contribution in [1.82, 2.24) is 4.72 Å². The molecule has 0 spiro atoms. The summed E-state index contributed by atoms with van der Waals surface area (Å²) in [7, 11) is -1.97. The Kier molecular flexibility index (Phi) is 5.09. The standard InChI is InChI=1S/C14H20BrNO3S/c1-10-5-3-4-6-13(10)16-20(17,18)11-7-8-12(15)14(9-11)19-2/h7-10,13,16H,3-6H2,1-2H3/t10-,13-/m1/s1. The summed E-state index contributed by atoms with van der Waals surface area (Å²) in [5, 5.41) is 0. The van der Waals surface area contributed by atoms with Gasteiger partial charge in [-0.3, -0.25) is 0 Å². The van der Waals surface area contributed by atoms with Crippen molar-refractivity contribution in [3.8, 4) is 5.75 Å². The molecule has 1 aromatic carbocycles. The summed E-state index contributed by atoms with van der Waals surface area (Å²) in [4.78, 5) is 0.246. The summed E-state index contributed by atoms with van der Waals surface area (Å²) in [6, 6.07) is 4.85. The Bertz CT molecular complexity index is 574. The van der Waals surface area contributed by atoms with E-state index >= 15 is 0 Å². The average molecular weight is 362 g/mol. The van der Waals surface area contributed by atoms with Crippen molar-refractivity contribution in [3.63, 3.8) is 0 Å². The Morgan fingerprint density at radius 1 is 1.30 bits per heavy atom. The molecule has 0 aromatic heterocycles. The smallest absolute Gasteiger partial charge is 0.240 e. The van der Waals surface area contributed by atoms with Gasteiger partial charge in [0.2, 0.25) is 10.0 Å².